The van der Waals surface area contributed by atoms with Crippen LogP contribution in [0, 0.1) is 6.92 Å². The molecule has 1 saturated heterocycles. The summed E-state index contributed by atoms with van der Waals surface area (Å²) in [6.07, 6.45) is 0.254. The van der Waals surface area contributed by atoms with Crippen molar-refractivity contribution in [2.45, 2.75) is 25.5 Å². The monoisotopic (exact) mass is 331 g/mol. The molecule has 2 heterocycles. The summed E-state index contributed by atoms with van der Waals surface area (Å²) in [4.78, 5) is 13.7. The average molecular weight is 331 g/mol. The van der Waals surface area contributed by atoms with Gasteiger partial charge in [0.05, 0.1) is 25.9 Å². The second-order valence-electron chi connectivity index (χ2n) is 5.65. The predicted molar refractivity (Wildman–Crippen MR) is 90.6 cm³/mol. The summed E-state index contributed by atoms with van der Waals surface area (Å²) >= 11 is 1.68. The van der Waals surface area contributed by atoms with Crippen molar-refractivity contribution in [3.05, 3.63) is 57.8 Å². The maximum absolute atomic E-state index is 12.5. The van der Waals surface area contributed by atoms with Crippen LogP contribution in [0.5, 0.6) is 0 Å². The van der Waals surface area contributed by atoms with Crippen molar-refractivity contribution in [2.24, 2.45) is 0 Å². The first-order valence-corrected chi connectivity index (χ1v) is 8.69. The normalized spacial score (nSPS) is 19.3. The lowest BCUT2D eigenvalue weighted by Crippen LogP contribution is -2.44. The number of thiophene rings is 1. The Morgan fingerprint density at radius 1 is 1.30 bits per heavy atom. The van der Waals surface area contributed by atoms with Gasteiger partial charge >= 0.3 is 0 Å². The fourth-order valence-corrected chi connectivity index (χ4v) is 3.68. The number of benzene rings is 1. The molecule has 2 aromatic rings. The number of hydrogen-bond acceptors (Lipinski definition) is 4. The van der Waals surface area contributed by atoms with Gasteiger partial charge in [-0.2, -0.15) is 0 Å². The first kappa shape index (κ1) is 16.2. The van der Waals surface area contributed by atoms with Gasteiger partial charge in [0, 0.05) is 4.88 Å². The predicted octanol–water partition coefficient (Wildman–Crippen LogP) is 2.87. The molecule has 1 aromatic carbocycles. The highest BCUT2D eigenvalue weighted by molar-refractivity contribution is 7.10. The lowest BCUT2D eigenvalue weighted by atomic mass is 10.0. The second-order valence-corrected chi connectivity index (χ2v) is 6.60. The highest BCUT2D eigenvalue weighted by atomic mass is 32.1. The van der Waals surface area contributed by atoms with Gasteiger partial charge < -0.3 is 14.8 Å². The minimum Gasteiger partial charge on any atom is -0.376 e. The van der Waals surface area contributed by atoms with Crippen molar-refractivity contribution in [2.75, 3.05) is 19.8 Å². The van der Waals surface area contributed by atoms with Gasteiger partial charge in [0.25, 0.3) is 5.91 Å². The second kappa shape index (κ2) is 7.73. The molecule has 5 heteroatoms. The molecule has 1 amide bonds. The van der Waals surface area contributed by atoms with Gasteiger partial charge in [-0.25, -0.2) is 0 Å². The molecule has 0 saturated carbocycles. The summed E-state index contributed by atoms with van der Waals surface area (Å²) in [6.45, 7) is 3.43. The van der Waals surface area contributed by atoms with Crippen molar-refractivity contribution in [1.29, 1.82) is 0 Å². The van der Waals surface area contributed by atoms with Crippen LogP contribution in [0.15, 0.2) is 41.8 Å². The van der Waals surface area contributed by atoms with Gasteiger partial charge in [0.15, 0.2) is 6.10 Å². The number of carbonyl (C=O) groups excluding carboxylic acids is 1. The van der Waals surface area contributed by atoms with Crippen molar-refractivity contribution in [3.63, 3.8) is 0 Å². The van der Waals surface area contributed by atoms with Gasteiger partial charge in [-0.1, -0.05) is 30.3 Å². The Balaban J connectivity index is 1.75. The highest BCUT2D eigenvalue weighted by Crippen LogP contribution is 2.27. The zero-order valence-electron chi connectivity index (χ0n) is 13.2. The first-order valence-electron chi connectivity index (χ1n) is 7.81. The van der Waals surface area contributed by atoms with Crippen LogP contribution >= 0.6 is 11.3 Å². The van der Waals surface area contributed by atoms with Crippen LogP contribution < -0.4 is 5.32 Å². The van der Waals surface area contributed by atoms with Crippen molar-refractivity contribution < 1.29 is 14.3 Å². The van der Waals surface area contributed by atoms with Crippen LogP contribution in [-0.2, 0) is 20.7 Å². The van der Waals surface area contributed by atoms with Crippen molar-refractivity contribution >= 4 is 17.2 Å². The van der Waals surface area contributed by atoms with E-state index in [1.54, 1.807) is 11.3 Å². The van der Waals surface area contributed by atoms with Gasteiger partial charge in [-0.3, -0.25) is 4.79 Å². The van der Waals surface area contributed by atoms with E-state index in [9.17, 15) is 4.79 Å². The Morgan fingerprint density at radius 2 is 2.13 bits per heavy atom. The molecule has 1 aliphatic rings. The van der Waals surface area contributed by atoms with Crippen LogP contribution in [0.3, 0.4) is 0 Å². The summed E-state index contributed by atoms with van der Waals surface area (Å²) in [5.41, 5.74) is 2.41. The third-order valence-electron chi connectivity index (χ3n) is 3.93. The summed E-state index contributed by atoms with van der Waals surface area (Å²) in [5.74, 6) is -0.0987. The molecule has 0 unspecified atom stereocenters. The zero-order valence-corrected chi connectivity index (χ0v) is 14.0. The molecule has 0 bridgehead atoms. The third-order valence-corrected chi connectivity index (χ3v) is 5.06. The minimum atomic E-state index is -0.512. The van der Waals surface area contributed by atoms with Gasteiger partial charge in [-0.15, -0.1) is 11.3 Å². The van der Waals surface area contributed by atoms with Crippen molar-refractivity contribution in [3.8, 4) is 0 Å². The van der Waals surface area contributed by atoms with E-state index in [0.29, 0.717) is 19.8 Å². The fourth-order valence-electron chi connectivity index (χ4n) is 2.70. The first-order chi connectivity index (χ1) is 11.2. The van der Waals surface area contributed by atoms with E-state index in [1.165, 1.54) is 16.0 Å². The van der Waals surface area contributed by atoms with E-state index in [4.69, 9.17) is 9.47 Å². The number of rotatable bonds is 5. The molecule has 23 heavy (non-hydrogen) atoms. The van der Waals surface area contributed by atoms with Crippen LogP contribution in [0.25, 0.3) is 0 Å². The molecule has 0 aliphatic carbocycles. The van der Waals surface area contributed by atoms with Crippen LogP contribution in [0.4, 0.5) is 0 Å². The number of carbonyl (C=O) groups is 1. The SMILES string of the molecule is Cc1ccsc1[C@@H](Cc1ccccc1)NC(=O)[C@H]1COCCO1. The third kappa shape index (κ3) is 4.19. The molecule has 1 N–H and O–H groups in total. The molecule has 4 nitrogen and oxygen atoms in total. The van der Waals surface area contributed by atoms with Crippen LogP contribution in [0.2, 0.25) is 0 Å². The van der Waals surface area contributed by atoms with E-state index in [1.807, 2.05) is 18.2 Å². The molecule has 2 atom stereocenters. The van der Waals surface area contributed by atoms with Crippen LogP contribution in [0.1, 0.15) is 22.0 Å². The van der Waals surface area contributed by atoms with E-state index in [-0.39, 0.29) is 11.9 Å². The molecular formula is C18H21NO3S. The quantitative estimate of drug-likeness (QED) is 0.916. The Bertz CT molecular complexity index is 635. The van der Waals surface area contributed by atoms with Gasteiger partial charge in [0.2, 0.25) is 0 Å². The maximum Gasteiger partial charge on any atom is 0.252 e. The zero-order chi connectivity index (χ0) is 16.1. The standard InChI is InChI=1S/C18H21NO3S/c1-13-7-10-23-17(13)15(11-14-5-3-2-4-6-14)19-18(20)16-12-21-8-9-22-16/h2-7,10,15-16H,8-9,11-12H2,1H3,(H,19,20)/t15-,16-/m1/s1. The molecule has 1 aliphatic heterocycles. The number of ether oxygens (including phenoxy) is 2. The van der Waals surface area contributed by atoms with Crippen molar-refractivity contribution in [1.82, 2.24) is 5.32 Å². The number of aryl methyl sites for hydroxylation is 1. The van der Waals surface area contributed by atoms with E-state index >= 15 is 0 Å². The Kier molecular flexibility index (Phi) is 5.43. The number of amides is 1. The molecule has 1 aromatic heterocycles. The molecule has 3 rings (SSSR count). The minimum absolute atomic E-state index is 0.0459. The lowest BCUT2D eigenvalue weighted by molar-refractivity contribution is -0.148. The average Bonchev–Trinajstić information content (AvgIpc) is 3.02. The number of nitrogens with one attached hydrogen (secondary N) is 1. The Hall–Kier alpha value is -1.69. The Labute approximate surface area is 140 Å². The summed E-state index contributed by atoms with van der Waals surface area (Å²) in [5, 5.41) is 5.21. The highest BCUT2D eigenvalue weighted by Gasteiger charge is 2.26. The molecular weight excluding hydrogens is 310 g/mol. The largest absolute Gasteiger partial charge is 0.376 e. The summed E-state index contributed by atoms with van der Waals surface area (Å²) < 4.78 is 10.8. The molecule has 0 spiro atoms. The molecule has 1 fully saturated rings. The van der Waals surface area contributed by atoms with E-state index in [2.05, 4.69) is 35.8 Å². The van der Waals surface area contributed by atoms with E-state index in [0.717, 1.165) is 6.42 Å². The maximum atomic E-state index is 12.5. The van der Waals surface area contributed by atoms with E-state index < -0.39 is 6.10 Å². The van der Waals surface area contributed by atoms with Gasteiger partial charge in [0.1, 0.15) is 0 Å². The van der Waals surface area contributed by atoms with Gasteiger partial charge in [-0.05, 0) is 35.9 Å². The number of hydrogen-bond donors (Lipinski definition) is 1. The fraction of sp³-hybridized carbons (Fsp3) is 0.389. The lowest BCUT2D eigenvalue weighted by Gasteiger charge is -2.25. The summed E-state index contributed by atoms with van der Waals surface area (Å²) in [7, 11) is 0. The molecule has 0 radical (unpaired) electrons. The molecule has 122 valence electrons. The smallest absolute Gasteiger partial charge is 0.252 e. The van der Waals surface area contributed by atoms with Crippen LogP contribution in [-0.4, -0.2) is 31.8 Å². The topological polar surface area (TPSA) is 47.6 Å². The Morgan fingerprint density at radius 3 is 2.78 bits per heavy atom. The summed E-state index contributed by atoms with van der Waals surface area (Å²) in [6, 6.07) is 12.3.